The van der Waals surface area contributed by atoms with Crippen LogP contribution in [0, 0.1) is 5.92 Å². The number of fused-ring (bicyclic) bond motifs is 1. The molecule has 2 rings (SSSR count). The molecule has 1 aliphatic heterocycles. The van der Waals surface area contributed by atoms with Crippen LogP contribution in [0.25, 0.3) is 0 Å². The first-order valence-electron chi connectivity index (χ1n) is 6.27. The van der Waals surface area contributed by atoms with Gasteiger partial charge in [0.15, 0.2) is 0 Å². The minimum atomic E-state index is -0.0767. The van der Waals surface area contributed by atoms with Crippen molar-refractivity contribution >= 4 is 0 Å². The standard InChI is InChI=1S/C14H21NO2/c1-10(2)7-8-16-13-9-17-12-6-4-3-5-11(12)14(13)15/h3-6,10,13-14H,7-9,15H2,1-2H3. The van der Waals surface area contributed by atoms with Crippen LogP contribution in [0.1, 0.15) is 31.9 Å². The first-order chi connectivity index (χ1) is 8.18. The molecule has 2 unspecified atom stereocenters. The first-order valence-corrected chi connectivity index (χ1v) is 6.27. The fourth-order valence-corrected chi connectivity index (χ4v) is 1.97. The van der Waals surface area contributed by atoms with Gasteiger partial charge in [0.25, 0.3) is 0 Å². The Bertz CT molecular complexity index is 365. The van der Waals surface area contributed by atoms with E-state index in [0.29, 0.717) is 12.5 Å². The van der Waals surface area contributed by atoms with Gasteiger partial charge in [0, 0.05) is 12.2 Å². The molecule has 2 atom stereocenters. The lowest BCUT2D eigenvalue weighted by molar-refractivity contribution is -0.0107. The summed E-state index contributed by atoms with van der Waals surface area (Å²) in [5, 5.41) is 0. The van der Waals surface area contributed by atoms with Gasteiger partial charge in [-0.2, -0.15) is 0 Å². The zero-order valence-corrected chi connectivity index (χ0v) is 10.6. The van der Waals surface area contributed by atoms with Crippen molar-refractivity contribution in [2.75, 3.05) is 13.2 Å². The molecule has 0 amide bonds. The molecule has 2 N–H and O–H groups in total. The fraction of sp³-hybridized carbons (Fsp3) is 0.571. The molecule has 1 heterocycles. The number of nitrogens with two attached hydrogens (primary N) is 1. The van der Waals surface area contributed by atoms with E-state index in [1.807, 2.05) is 24.3 Å². The molecular formula is C14H21NO2. The van der Waals surface area contributed by atoms with Crippen LogP contribution < -0.4 is 10.5 Å². The highest BCUT2D eigenvalue weighted by Gasteiger charge is 2.28. The third-order valence-corrected chi connectivity index (χ3v) is 3.11. The second-order valence-corrected chi connectivity index (χ2v) is 4.97. The van der Waals surface area contributed by atoms with Gasteiger partial charge < -0.3 is 15.2 Å². The Kier molecular flexibility index (Phi) is 4.02. The van der Waals surface area contributed by atoms with Gasteiger partial charge >= 0.3 is 0 Å². The first kappa shape index (κ1) is 12.4. The molecule has 94 valence electrons. The Labute approximate surface area is 103 Å². The lowest BCUT2D eigenvalue weighted by Gasteiger charge is -2.31. The minimum Gasteiger partial charge on any atom is -0.490 e. The quantitative estimate of drug-likeness (QED) is 0.872. The van der Waals surface area contributed by atoms with Crippen LogP contribution in [-0.4, -0.2) is 19.3 Å². The van der Waals surface area contributed by atoms with E-state index in [-0.39, 0.29) is 12.1 Å². The van der Waals surface area contributed by atoms with Crippen LogP contribution in [0.2, 0.25) is 0 Å². The highest BCUT2D eigenvalue weighted by Crippen LogP contribution is 2.31. The van der Waals surface area contributed by atoms with Crippen molar-refractivity contribution in [1.82, 2.24) is 0 Å². The van der Waals surface area contributed by atoms with Crippen LogP contribution in [0.3, 0.4) is 0 Å². The highest BCUT2D eigenvalue weighted by molar-refractivity contribution is 5.38. The number of hydrogen-bond acceptors (Lipinski definition) is 3. The summed E-state index contributed by atoms with van der Waals surface area (Å²) in [5.41, 5.74) is 7.25. The van der Waals surface area contributed by atoms with Gasteiger partial charge in [-0.1, -0.05) is 32.0 Å². The van der Waals surface area contributed by atoms with Crippen LogP contribution >= 0.6 is 0 Å². The maximum absolute atomic E-state index is 6.20. The Balaban J connectivity index is 1.95. The molecule has 0 bridgehead atoms. The van der Waals surface area contributed by atoms with Crippen molar-refractivity contribution in [3.63, 3.8) is 0 Å². The average Bonchev–Trinajstić information content (AvgIpc) is 2.32. The molecule has 0 radical (unpaired) electrons. The molecule has 1 aliphatic rings. The zero-order chi connectivity index (χ0) is 12.3. The Morgan fingerprint density at radius 3 is 2.94 bits per heavy atom. The SMILES string of the molecule is CC(C)CCOC1COc2ccccc2C1N. The van der Waals surface area contributed by atoms with Crippen molar-refractivity contribution in [2.24, 2.45) is 11.7 Å². The monoisotopic (exact) mass is 235 g/mol. The molecule has 1 aromatic carbocycles. The molecule has 1 aromatic rings. The maximum Gasteiger partial charge on any atom is 0.124 e. The van der Waals surface area contributed by atoms with E-state index in [9.17, 15) is 0 Å². The molecule has 0 aliphatic carbocycles. The van der Waals surface area contributed by atoms with E-state index in [2.05, 4.69) is 13.8 Å². The Morgan fingerprint density at radius 1 is 1.41 bits per heavy atom. The van der Waals surface area contributed by atoms with Crippen LogP contribution in [-0.2, 0) is 4.74 Å². The third-order valence-electron chi connectivity index (χ3n) is 3.11. The van der Waals surface area contributed by atoms with Crippen LogP contribution in [0.5, 0.6) is 5.75 Å². The van der Waals surface area contributed by atoms with Gasteiger partial charge in [-0.3, -0.25) is 0 Å². The van der Waals surface area contributed by atoms with Gasteiger partial charge in [-0.15, -0.1) is 0 Å². The molecule has 0 fully saturated rings. The lowest BCUT2D eigenvalue weighted by Crippen LogP contribution is -2.38. The summed E-state index contributed by atoms with van der Waals surface area (Å²) < 4.78 is 11.5. The molecule has 3 nitrogen and oxygen atoms in total. The molecule has 17 heavy (non-hydrogen) atoms. The average molecular weight is 235 g/mol. The highest BCUT2D eigenvalue weighted by atomic mass is 16.5. The summed E-state index contributed by atoms with van der Waals surface area (Å²) in [6, 6.07) is 7.84. The van der Waals surface area contributed by atoms with Gasteiger partial charge in [-0.25, -0.2) is 0 Å². The summed E-state index contributed by atoms with van der Waals surface area (Å²) in [6.45, 7) is 5.68. The van der Waals surface area contributed by atoms with Gasteiger partial charge in [0.1, 0.15) is 18.5 Å². The van der Waals surface area contributed by atoms with Gasteiger partial charge in [-0.05, 0) is 18.4 Å². The minimum absolute atomic E-state index is 0.0244. The van der Waals surface area contributed by atoms with Crippen molar-refractivity contribution < 1.29 is 9.47 Å². The second-order valence-electron chi connectivity index (χ2n) is 4.97. The van der Waals surface area contributed by atoms with E-state index in [1.54, 1.807) is 0 Å². The lowest BCUT2D eigenvalue weighted by atomic mass is 9.99. The number of hydrogen-bond donors (Lipinski definition) is 1. The van der Waals surface area contributed by atoms with Crippen molar-refractivity contribution in [1.29, 1.82) is 0 Å². The van der Waals surface area contributed by atoms with Crippen LogP contribution in [0.15, 0.2) is 24.3 Å². The van der Waals surface area contributed by atoms with E-state index in [1.165, 1.54) is 0 Å². The van der Waals surface area contributed by atoms with Gasteiger partial charge in [0.2, 0.25) is 0 Å². The summed E-state index contributed by atoms with van der Waals surface area (Å²) in [6.07, 6.45) is 1.04. The predicted molar refractivity (Wildman–Crippen MR) is 68.1 cm³/mol. The van der Waals surface area contributed by atoms with E-state index in [0.717, 1.165) is 24.3 Å². The number of para-hydroxylation sites is 1. The summed E-state index contributed by atoms with van der Waals surface area (Å²) >= 11 is 0. The molecule has 3 heteroatoms. The molecule has 0 saturated heterocycles. The molecule has 0 aromatic heterocycles. The van der Waals surface area contributed by atoms with Gasteiger partial charge in [0.05, 0.1) is 6.04 Å². The van der Waals surface area contributed by atoms with Crippen molar-refractivity contribution in [3.05, 3.63) is 29.8 Å². The van der Waals surface area contributed by atoms with E-state index in [4.69, 9.17) is 15.2 Å². The van der Waals surface area contributed by atoms with Crippen LogP contribution in [0.4, 0.5) is 0 Å². The van der Waals surface area contributed by atoms with E-state index < -0.39 is 0 Å². The smallest absolute Gasteiger partial charge is 0.124 e. The Morgan fingerprint density at radius 2 is 2.18 bits per heavy atom. The fourth-order valence-electron chi connectivity index (χ4n) is 1.97. The number of benzene rings is 1. The largest absolute Gasteiger partial charge is 0.490 e. The maximum atomic E-state index is 6.20. The van der Waals surface area contributed by atoms with E-state index >= 15 is 0 Å². The third kappa shape index (κ3) is 2.99. The van der Waals surface area contributed by atoms with Crippen molar-refractivity contribution in [3.8, 4) is 5.75 Å². The topological polar surface area (TPSA) is 44.5 Å². The summed E-state index contributed by atoms with van der Waals surface area (Å²) in [7, 11) is 0. The zero-order valence-electron chi connectivity index (χ0n) is 10.6. The second kappa shape index (κ2) is 5.52. The summed E-state index contributed by atoms with van der Waals surface area (Å²) in [4.78, 5) is 0. The predicted octanol–water partition coefficient (Wildman–Crippen LogP) is 2.51. The molecule has 0 spiro atoms. The number of ether oxygens (including phenoxy) is 2. The molecular weight excluding hydrogens is 214 g/mol. The summed E-state index contributed by atoms with van der Waals surface area (Å²) in [5.74, 6) is 1.55. The Hall–Kier alpha value is -1.06. The molecule has 0 saturated carbocycles. The number of rotatable bonds is 4. The van der Waals surface area contributed by atoms with Crippen molar-refractivity contribution in [2.45, 2.75) is 32.4 Å². The normalized spacial score (nSPS) is 23.3.